The summed E-state index contributed by atoms with van der Waals surface area (Å²) in [5.41, 5.74) is 1.52. The number of ether oxygens (including phenoxy) is 1. The first kappa shape index (κ1) is 18.4. The van der Waals surface area contributed by atoms with Crippen LogP contribution in [0.3, 0.4) is 0 Å². The van der Waals surface area contributed by atoms with Crippen LogP contribution in [0.4, 0.5) is 4.79 Å². The van der Waals surface area contributed by atoms with Crippen LogP contribution in [-0.2, 0) is 4.79 Å². The molecule has 1 heterocycles. The Hall–Kier alpha value is -3.37. The van der Waals surface area contributed by atoms with E-state index >= 15 is 0 Å². The molecule has 134 valence electrons. The minimum atomic E-state index is -0.497. The molecular formula is C20H14N2O4S. The average Bonchev–Trinajstić information content (AvgIpc) is 2.96. The van der Waals surface area contributed by atoms with E-state index in [0.29, 0.717) is 16.9 Å². The number of thioether (sulfide) groups is 1. The van der Waals surface area contributed by atoms with Gasteiger partial charge in [-0.3, -0.25) is 19.3 Å². The van der Waals surface area contributed by atoms with Gasteiger partial charge in [0.1, 0.15) is 5.75 Å². The number of Topliss-reactive ketones (excluding diaryl/α,β-unsaturated/α-hetero) is 1. The maximum Gasteiger partial charge on any atom is 0.293 e. The average molecular weight is 378 g/mol. The van der Waals surface area contributed by atoms with Gasteiger partial charge in [0.15, 0.2) is 5.78 Å². The summed E-state index contributed by atoms with van der Waals surface area (Å²) in [6.07, 6.45) is 1.61. The van der Waals surface area contributed by atoms with Crippen LogP contribution in [0.1, 0.15) is 21.5 Å². The first-order chi connectivity index (χ1) is 13.0. The normalized spacial score (nSPS) is 15.1. The van der Waals surface area contributed by atoms with E-state index in [0.717, 1.165) is 22.2 Å². The number of imide groups is 1. The van der Waals surface area contributed by atoms with Gasteiger partial charge in [-0.15, -0.1) is 0 Å². The van der Waals surface area contributed by atoms with Crippen molar-refractivity contribution in [2.75, 3.05) is 13.7 Å². The Labute approximate surface area is 160 Å². The summed E-state index contributed by atoms with van der Waals surface area (Å²) in [7, 11) is 1.56. The molecule has 0 radical (unpaired) electrons. The second kappa shape index (κ2) is 7.89. The van der Waals surface area contributed by atoms with Crippen molar-refractivity contribution in [1.82, 2.24) is 4.90 Å². The van der Waals surface area contributed by atoms with Crippen molar-refractivity contribution in [3.63, 3.8) is 0 Å². The Kier molecular flexibility index (Phi) is 5.38. The lowest BCUT2D eigenvalue weighted by atomic mass is 10.1. The van der Waals surface area contributed by atoms with Gasteiger partial charge in [0.2, 0.25) is 0 Å². The fraction of sp³-hybridized carbons (Fsp3) is 0.100. The lowest BCUT2D eigenvalue weighted by Gasteiger charge is -2.11. The van der Waals surface area contributed by atoms with E-state index in [4.69, 9.17) is 10.00 Å². The zero-order valence-corrected chi connectivity index (χ0v) is 15.2. The largest absolute Gasteiger partial charge is 0.497 e. The molecule has 1 aliphatic heterocycles. The zero-order chi connectivity index (χ0) is 19.4. The van der Waals surface area contributed by atoms with Gasteiger partial charge in [-0.1, -0.05) is 24.3 Å². The molecule has 2 aromatic rings. The topological polar surface area (TPSA) is 87.5 Å². The molecule has 0 spiro atoms. The molecule has 27 heavy (non-hydrogen) atoms. The van der Waals surface area contributed by atoms with Gasteiger partial charge in [0.05, 0.1) is 30.2 Å². The van der Waals surface area contributed by atoms with E-state index in [1.807, 2.05) is 6.07 Å². The van der Waals surface area contributed by atoms with Crippen LogP contribution in [0.25, 0.3) is 6.08 Å². The lowest BCUT2D eigenvalue weighted by Crippen LogP contribution is -2.33. The van der Waals surface area contributed by atoms with Crippen LogP contribution >= 0.6 is 11.8 Å². The highest BCUT2D eigenvalue weighted by Gasteiger charge is 2.36. The third kappa shape index (κ3) is 4.07. The third-order valence-corrected chi connectivity index (χ3v) is 4.83. The first-order valence-corrected chi connectivity index (χ1v) is 8.76. The van der Waals surface area contributed by atoms with Crippen molar-refractivity contribution in [2.24, 2.45) is 0 Å². The number of carbonyl (C=O) groups is 3. The molecule has 1 aliphatic rings. The monoisotopic (exact) mass is 378 g/mol. The van der Waals surface area contributed by atoms with Crippen LogP contribution in [0.5, 0.6) is 5.75 Å². The fourth-order valence-electron chi connectivity index (χ4n) is 2.45. The van der Waals surface area contributed by atoms with Gasteiger partial charge in [-0.25, -0.2) is 0 Å². The van der Waals surface area contributed by atoms with Gasteiger partial charge in [-0.05, 0) is 47.7 Å². The summed E-state index contributed by atoms with van der Waals surface area (Å²) in [5.74, 6) is -0.177. The van der Waals surface area contributed by atoms with E-state index in [-0.39, 0.29) is 17.2 Å². The number of rotatable bonds is 5. The van der Waals surface area contributed by atoms with Crippen LogP contribution in [0.2, 0.25) is 0 Å². The maximum absolute atomic E-state index is 12.5. The SMILES string of the molecule is COc1ccc(/C=C2\SC(=O)N(CC(=O)c3ccc(C#N)cc3)C2=O)cc1. The first-order valence-electron chi connectivity index (χ1n) is 7.94. The van der Waals surface area contributed by atoms with Crippen LogP contribution in [0, 0.1) is 11.3 Å². The van der Waals surface area contributed by atoms with E-state index in [1.54, 1.807) is 37.5 Å². The summed E-state index contributed by atoms with van der Waals surface area (Å²) in [5, 5.41) is 8.31. The molecule has 0 atom stereocenters. The molecule has 0 saturated carbocycles. The second-order valence-corrected chi connectivity index (χ2v) is 6.65. The Morgan fingerprint density at radius 1 is 1.15 bits per heavy atom. The Bertz CT molecular complexity index is 973. The highest BCUT2D eigenvalue weighted by atomic mass is 32.2. The highest BCUT2D eigenvalue weighted by Crippen LogP contribution is 2.32. The van der Waals surface area contributed by atoms with Crippen LogP contribution < -0.4 is 4.74 Å². The quantitative estimate of drug-likeness (QED) is 0.585. The van der Waals surface area contributed by atoms with Crippen molar-refractivity contribution < 1.29 is 19.1 Å². The molecule has 1 saturated heterocycles. The molecular weight excluding hydrogens is 364 g/mol. The minimum Gasteiger partial charge on any atom is -0.497 e. The van der Waals surface area contributed by atoms with Crippen molar-refractivity contribution in [3.8, 4) is 11.8 Å². The zero-order valence-electron chi connectivity index (χ0n) is 14.3. The molecule has 2 amide bonds. The predicted molar refractivity (Wildman–Crippen MR) is 101 cm³/mol. The maximum atomic E-state index is 12.5. The fourth-order valence-corrected chi connectivity index (χ4v) is 3.29. The molecule has 0 N–H and O–H groups in total. The number of hydrogen-bond donors (Lipinski definition) is 0. The summed E-state index contributed by atoms with van der Waals surface area (Å²) in [6.45, 7) is -0.337. The smallest absolute Gasteiger partial charge is 0.293 e. The number of methoxy groups -OCH3 is 1. The molecule has 0 bridgehead atoms. The van der Waals surface area contributed by atoms with Crippen molar-refractivity contribution in [1.29, 1.82) is 5.26 Å². The Balaban J connectivity index is 1.74. The van der Waals surface area contributed by atoms with Gasteiger partial charge in [0.25, 0.3) is 11.1 Å². The number of nitriles is 1. The Morgan fingerprint density at radius 2 is 1.81 bits per heavy atom. The van der Waals surface area contributed by atoms with Crippen molar-refractivity contribution >= 4 is 34.8 Å². The van der Waals surface area contributed by atoms with E-state index in [9.17, 15) is 14.4 Å². The molecule has 6 nitrogen and oxygen atoms in total. The molecule has 3 rings (SSSR count). The van der Waals surface area contributed by atoms with Gasteiger partial charge in [-0.2, -0.15) is 5.26 Å². The van der Waals surface area contributed by atoms with Gasteiger partial charge >= 0.3 is 0 Å². The molecule has 1 fully saturated rings. The van der Waals surface area contributed by atoms with Crippen LogP contribution in [0.15, 0.2) is 53.4 Å². The molecule has 7 heteroatoms. The predicted octanol–water partition coefficient (Wildman–Crippen LogP) is 3.49. The number of benzene rings is 2. The van der Waals surface area contributed by atoms with E-state index in [1.165, 1.54) is 24.3 Å². The minimum absolute atomic E-state index is 0.262. The highest BCUT2D eigenvalue weighted by molar-refractivity contribution is 8.18. The number of amides is 2. The molecule has 2 aromatic carbocycles. The van der Waals surface area contributed by atoms with Crippen molar-refractivity contribution in [3.05, 3.63) is 70.1 Å². The summed E-state index contributed by atoms with van der Waals surface area (Å²) in [6, 6.07) is 15.1. The number of carbonyl (C=O) groups excluding carboxylic acids is 3. The lowest BCUT2D eigenvalue weighted by molar-refractivity contribution is -0.122. The number of hydrogen-bond acceptors (Lipinski definition) is 6. The second-order valence-electron chi connectivity index (χ2n) is 5.65. The summed E-state index contributed by atoms with van der Waals surface area (Å²) < 4.78 is 5.08. The van der Waals surface area contributed by atoms with E-state index < -0.39 is 11.1 Å². The van der Waals surface area contributed by atoms with Gasteiger partial charge < -0.3 is 4.74 Å². The number of nitrogens with zero attached hydrogens (tertiary/aromatic N) is 2. The van der Waals surface area contributed by atoms with Crippen molar-refractivity contribution in [2.45, 2.75) is 0 Å². The third-order valence-electron chi connectivity index (χ3n) is 3.92. The van der Waals surface area contributed by atoms with Crippen LogP contribution in [-0.4, -0.2) is 35.5 Å². The van der Waals surface area contributed by atoms with E-state index in [2.05, 4.69) is 0 Å². The standard InChI is InChI=1S/C20H14N2O4S/c1-26-16-8-4-13(5-9-16)10-18-19(24)22(20(25)27-18)12-17(23)15-6-2-14(11-21)3-7-15/h2-10H,12H2,1H3/b18-10-. The summed E-state index contributed by atoms with van der Waals surface area (Å²) in [4.78, 5) is 38.2. The number of ketones is 1. The summed E-state index contributed by atoms with van der Waals surface area (Å²) >= 11 is 0.802. The molecule has 0 unspecified atom stereocenters. The Morgan fingerprint density at radius 3 is 2.41 bits per heavy atom. The van der Waals surface area contributed by atoms with Gasteiger partial charge in [0, 0.05) is 5.56 Å². The molecule has 0 aliphatic carbocycles. The molecule has 0 aromatic heterocycles.